The average molecular weight is 272 g/mol. The fraction of sp³-hybridized carbons (Fsp3) is 0.375. The lowest BCUT2D eigenvalue weighted by molar-refractivity contribution is 0.0819. The molecule has 4 heteroatoms. The maximum Gasteiger partial charge on any atom is 0.252 e. The summed E-state index contributed by atoms with van der Waals surface area (Å²) in [6.45, 7) is 3.87. The van der Waals surface area contributed by atoms with Crippen LogP contribution in [0.4, 0.5) is 0 Å². The number of nitrogens with zero attached hydrogens (tertiary/aromatic N) is 1. The number of aliphatic hydroxyl groups is 1. The van der Waals surface area contributed by atoms with Crippen molar-refractivity contribution in [3.63, 3.8) is 0 Å². The third-order valence-corrected chi connectivity index (χ3v) is 3.93. The zero-order valence-corrected chi connectivity index (χ0v) is 11.9. The van der Waals surface area contributed by atoms with Crippen molar-refractivity contribution >= 4 is 16.8 Å². The Morgan fingerprint density at radius 1 is 1.25 bits per heavy atom. The highest BCUT2D eigenvalue weighted by Gasteiger charge is 2.28. The second-order valence-electron chi connectivity index (χ2n) is 4.98. The van der Waals surface area contributed by atoms with Crippen LogP contribution >= 0.6 is 0 Å². The molecular weight excluding hydrogens is 252 g/mol. The summed E-state index contributed by atoms with van der Waals surface area (Å²) in [5.41, 5.74) is 0.833. The number of rotatable bonds is 5. The Labute approximate surface area is 118 Å². The van der Waals surface area contributed by atoms with Crippen LogP contribution in [0.2, 0.25) is 0 Å². The molecule has 1 amide bonds. The molecule has 0 unspecified atom stereocenters. The maximum absolute atomic E-state index is 12.5. The Hall–Kier alpha value is -1.94. The predicted octanol–water partition coefficient (Wildman–Crippen LogP) is 2.52. The topological polar surface area (TPSA) is 62.2 Å². The third-order valence-electron chi connectivity index (χ3n) is 3.93. The summed E-state index contributed by atoms with van der Waals surface area (Å²) < 4.78 is 0. The molecule has 0 aliphatic rings. The van der Waals surface area contributed by atoms with E-state index < -0.39 is 5.54 Å². The van der Waals surface area contributed by atoms with E-state index in [4.69, 9.17) is 0 Å². The molecule has 2 N–H and O–H groups in total. The molecule has 0 aliphatic carbocycles. The molecule has 0 atom stereocenters. The Morgan fingerprint density at radius 3 is 2.60 bits per heavy atom. The van der Waals surface area contributed by atoms with E-state index in [1.165, 1.54) is 0 Å². The van der Waals surface area contributed by atoms with E-state index in [1.54, 1.807) is 12.3 Å². The van der Waals surface area contributed by atoms with Crippen LogP contribution in [0.15, 0.2) is 36.5 Å². The van der Waals surface area contributed by atoms with Gasteiger partial charge in [-0.3, -0.25) is 9.78 Å². The number of fused-ring (bicyclic) bond motifs is 1. The van der Waals surface area contributed by atoms with E-state index >= 15 is 0 Å². The van der Waals surface area contributed by atoms with Gasteiger partial charge >= 0.3 is 0 Å². The number of pyridine rings is 1. The standard InChI is InChI=1S/C16H20N2O2/c1-3-16(4-2,11-19)18-15(20)13-9-10-17-14-8-6-5-7-12(13)14/h5-10,19H,3-4,11H2,1-2H3,(H,18,20). The van der Waals surface area contributed by atoms with Crippen molar-refractivity contribution in [2.45, 2.75) is 32.2 Å². The zero-order valence-electron chi connectivity index (χ0n) is 11.9. The van der Waals surface area contributed by atoms with Gasteiger partial charge in [0.15, 0.2) is 0 Å². The van der Waals surface area contributed by atoms with Crippen molar-refractivity contribution in [2.24, 2.45) is 0 Å². The molecule has 20 heavy (non-hydrogen) atoms. The highest BCUT2D eigenvalue weighted by molar-refractivity contribution is 6.06. The van der Waals surface area contributed by atoms with Gasteiger partial charge in [-0.25, -0.2) is 0 Å². The van der Waals surface area contributed by atoms with E-state index in [1.807, 2.05) is 38.1 Å². The molecule has 0 bridgehead atoms. The minimum absolute atomic E-state index is 0.0608. The van der Waals surface area contributed by atoms with Crippen molar-refractivity contribution in [3.05, 3.63) is 42.1 Å². The molecule has 0 radical (unpaired) electrons. The number of hydrogen-bond acceptors (Lipinski definition) is 3. The van der Waals surface area contributed by atoms with Gasteiger partial charge in [0.1, 0.15) is 0 Å². The minimum Gasteiger partial charge on any atom is -0.394 e. The molecule has 106 valence electrons. The van der Waals surface area contributed by atoms with Crippen LogP contribution in [0.5, 0.6) is 0 Å². The Morgan fingerprint density at radius 2 is 1.95 bits per heavy atom. The summed E-state index contributed by atoms with van der Waals surface area (Å²) in [6.07, 6.45) is 3.01. The van der Waals surface area contributed by atoms with Gasteiger partial charge in [0.05, 0.1) is 23.2 Å². The lowest BCUT2D eigenvalue weighted by Crippen LogP contribution is -2.50. The van der Waals surface area contributed by atoms with E-state index in [0.29, 0.717) is 18.4 Å². The Kier molecular flexibility index (Phi) is 4.35. The molecule has 0 saturated carbocycles. The Balaban J connectivity index is 2.37. The average Bonchev–Trinajstić information content (AvgIpc) is 2.52. The summed E-state index contributed by atoms with van der Waals surface area (Å²) in [5, 5.41) is 13.4. The summed E-state index contributed by atoms with van der Waals surface area (Å²) >= 11 is 0. The first-order chi connectivity index (χ1) is 9.65. The molecular formula is C16H20N2O2. The number of benzene rings is 1. The van der Waals surface area contributed by atoms with Crippen LogP contribution in [0, 0.1) is 0 Å². The van der Waals surface area contributed by atoms with E-state index in [9.17, 15) is 9.90 Å². The van der Waals surface area contributed by atoms with Crippen molar-refractivity contribution in [1.29, 1.82) is 0 Å². The fourth-order valence-electron chi connectivity index (χ4n) is 2.29. The molecule has 4 nitrogen and oxygen atoms in total. The van der Waals surface area contributed by atoms with Gasteiger partial charge in [-0.15, -0.1) is 0 Å². The van der Waals surface area contributed by atoms with Crippen molar-refractivity contribution in [3.8, 4) is 0 Å². The zero-order chi connectivity index (χ0) is 14.6. The summed E-state index contributed by atoms with van der Waals surface area (Å²) in [7, 11) is 0. The summed E-state index contributed by atoms with van der Waals surface area (Å²) in [4.78, 5) is 16.8. The van der Waals surface area contributed by atoms with Crippen molar-refractivity contribution < 1.29 is 9.90 Å². The van der Waals surface area contributed by atoms with Crippen LogP contribution in [0.3, 0.4) is 0 Å². The van der Waals surface area contributed by atoms with Gasteiger partial charge < -0.3 is 10.4 Å². The van der Waals surface area contributed by atoms with E-state index in [2.05, 4.69) is 10.3 Å². The number of carbonyl (C=O) groups is 1. The predicted molar refractivity (Wildman–Crippen MR) is 79.6 cm³/mol. The molecule has 1 aromatic heterocycles. The lowest BCUT2D eigenvalue weighted by Gasteiger charge is -2.30. The van der Waals surface area contributed by atoms with Crippen LogP contribution < -0.4 is 5.32 Å². The maximum atomic E-state index is 12.5. The smallest absolute Gasteiger partial charge is 0.252 e. The van der Waals surface area contributed by atoms with Gasteiger partial charge in [0, 0.05) is 11.6 Å². The van der Waals surface area contributed by atoms with Crippen LogP contribution in [-0.2, 0) is 0 Å². The van der Waals surface area contributed by atoms with Gasteiger partial charge in [-0.1, -0.05) is 32.0 Å². The molecule has 1 heterocycles. The molecule has 0 spiro atoms. The number of amides is 1. The number of carbonyl (C=O) groups excluding carboxylic acids is 1. The van der Waals surface area contributed by atoms with Crippen LogP contribution in [0.1, 0.15) is 37.0 Å². The third kappa shape index (κ3) is 2.65. The first-order valence-electron chi connectivity index (χ1n) is 6.93. The highest BCUT2D eigenvalue weighted by Crippen LogP contribution is 2.19. The monoisotopic (exact) mass is 272 g/mol. The minimum atomic E-state index is -0.554. The number of para-hydroxylation sites is 1. The largest absolute Gasteiger partial charge is 0.394 e. The first kappa shape index (κ1) is 14.5. The van der Waals surface area contributed by atoms with Crippen LogP contribution in [0.25, 0.3) is 10.9 Å². The number of aromatic nitrogens is 1. The van der Waals surface area contributed by atoms with E-state index in [-0.39, 0.29) is 12.5 Å². The highest BCUT2D eigenvalue weighted by atomic mass is 16.3. The molecule has 2 aromatic rings. The van der Waals surface area contributed by atoms with Gasteiger partial charge in [0.25, 0.3) is 5.91 Å². The molecule has 0 saturated heterocycles. The quantitative estimate of drug-likeness (QED) is 0.879. The van der Waals surface area contributed by atoms with Crippen molar-refractivity contribution in [1.82, 2.24) is 10.3 Å². The fourth-order valence-corrected chi connectivity index (χ4v) is 2.29. The summed E-state index contributed by atoms with van der Waals surface area (Å²) in [6, 6.07) is 9.26. The molecule has 0 fully saturated rings. The second kappa shape index (κ2) is 6.01. The van der Waals surface area contributed by atoms with Gasteiger partial charge in [-0.2, -0.15) is 0 Å². The molecule has 2 rings (SSSR count). The number of aliphatic hydroxyl groups excluding tert-OH is 1. The van der Waals surface area contributed by atoms with Gasteiger partial charge in [-0.05, 0) is 25.0 Å². The van der Waals surface area contributed by atoms with Crippen molar-refractivity contribution in [2.75, 3.05) is 6.61 Å². The number of hydrogen-bond donors (Lipinski definition) is 2. The van der Waals surface area contributed by atoms with E-state index in [0.717, 1.165) is 10.9 Å². The number of nitrogens with one attached hydrogen (secondary N) is 1. The molecule has 1 aromatic carbocycles. The summed E-state index contributed by atoms with van der Waals surface area (Å²) in [5.74, 6) is -0.165. The first-order valence-corrected chi connectivity index (χ1v) is 6.93. The Bertz CT molecular complexity index is 593. The second-order valence-corrected chi connectivity index (χ2v) is 4.98. The SMILES string of the molecule is CCC(CC)(CO)NC(=O)c1ccnc2ccccc12. The lowest BCUT2D eigenvalue weighted by atomic mass is 9.93. The molecule has 0 aliphatic heterocycles. The van der Waals surface area contributed by atoms with Crippen LogP contribution in [-0.4, -0.2) is 28.1 Å². The normalized spacial score (nSPS) is 11.6. The van der Waals surface area contributed by atoms with Gasteiger partial charge in [0.2, 0.25) is 0 Å².